The number of nitrogens with zero attached hydrogens (tertiary/aromatic N) is 1. The number of benzene rings is 1. The Hall–Kier alpha value is -1.31. The van der Waals surface area contributed by atoms with E-state index < -0.39 is 5.54 Å². The number of carbonyl (C=O) groups excluding carboxylic acids is 1. The molecule has 0 atom stereocenters. The van der Waals surface area contributed by atoms with Gasteiger partial charge in [-0.1, -0.05) is 11.6 Å². The monoisotopic (exact) mass is 277 g/mol. The Morgan fingerprint density at radius 1 is 1.26 bits per heavy atom. The lowest BCUT2D eigenvalue weighted by atomic mass is 9.83. The summed E-state index contributed by atoms with van der Waals surface area (Å²) in [6.45, 7) is 2.01. The molecule has 1 N–H and O–H groups in total. The first-order valence-corrected chi connectivity index (χ1v) is 7.11. The summed E-state index contributed by atoms with van der Waals surface area (Å²) in [5, 5.41) is 10.9. The molecule has 0 heterocycles. The standard InChI is InChI=1S/C15H16ClNO2/c1-9-10-4-2-3-5-11(10)13(16)14(19)12(9)15(6-7-15)17-8-18/h19H,2-7H2,1H3. The highest BCUT2D eigenvalue weighted by atomic mass is 35.5. The third-order valence-corrected chi connectivity index (χ3v) is 4.86. The second-order valence-corrected chi connectivity index (χ2v) is 5.94. The summed E-state index contributed by atoms with van der Waals surface area (Å²) in [6.07, 6.45) is 7.39. The van der Waals surface area contributed by atoms with Gasteiger partial charge in [-0.25, -0.2) is 4.79 Å². The second-order valence-electron chi connectivity index (χ2n) is 5.56. The molecule has 3 nitrogen and oxygen atoms in total. The number of phenolic OH excluding ortho intramolecular Hbond substituents is 1. The zero-order chi connectivity index (χ0) is 13.6. The SMILES string of the molecule is Cc1c2c(c(Cl)c(O)c1C1(N=C=O)CC1)CCCC2. The first-order chi connectivity index (χ1) is 9.10. The van der Waals surface area contributed by atoms with E-state index in [-0.39, 0.29) is 5.75 Å². The summed E-state index contributed by atoms with van der Waals surface area (Å²) in [5.74, 6) is 0.122. The maximum Gasteiger partial charge on any atom is 0.235 e. The van der Waals surface area contributed by atoms with Crippen molar-refractivity contribution in [3.05, 3.63) is 27.3 Å². The average molecular weight is 278 g/mol. The summed E-state index contributed by atoms with van der Waals surface area (Å²) in [6, 6.07) is 0. The number of halogens is 1. The van der Waals surface area contributed by atoms with Crippen LogP contribution in [0.4, 0.5) is 0 Å². The number of aromatic hydroxyl groups is 1. The maximum atomic E-state index is 10.6. The van der Waals surface area contributed by atoms with Gasteiger partial charge in [0.2, 0.25) is 6.08 Å². The number of fused-ring (bicyclic) bond motifs is 1. The Balaban J connectivity index is 2.26. The van der Waals surface area contributed by atoms with Crippen LogP contribution in [-0.4, -0.2) is 11.2 Å². The minimum Gasteiger partial charge on any atom is -0.506 e. The molecule has 4 heteroatoms. The lowest BCUT2D eigenvalue weighted by Gasteiger charge is -2.25. The van der Waals surface area contributed by atoms with E-state index in [1.165, 1.54) is 5.56 Å². The highest BCUT2D eigenvalue weighted by Crippen LogP contribution is 2.56. The predicted molar refractivity (Wildman–Crippen MR) is 73.5 cm³/mol. The molecule has 0 bridgehead atoms. The molecule has 0 aliphatic heterocycles. The van der Waals surface area contributed by atoms with E-state index in [1.807, 2.05) is 6.92 Å². The third kappa shape index (κ3) is 1.80. The van der Waals surface area contributed by atoms with Crippen molar-refractivity contribution in [3.63, 3.8) is 0 Å². The minimum absolute atomic E-state index is 0.122. The molecule has 1 aromatic carbocycles. The van der Waals surface area contributed by atoms with Crippen LogP contribution in [0.3, 0.4) is 0 Å². The summed E-state index contributed by atoms with van der Waals surface area (Å²) in [4.78, 5) is 14.5. The van der Waals surface area contributed by atoms with E-state index in [0.717, 1.165) is 55.2 Å². The topological polar surface area (TPSA) is 49.7 Å². The van der Waals surface area contributed by atoms with Gasteiger partial charge in [0.15, 0.2) is 0 Å². The fourth-order valence-corrected chi connectivity index (χ4v) is 3.64. The van der Waals surface area contributed by atoms with Crippen molar-refractivity contribution in [1.82, 2.24) is 0 Å². The third-order valence-electron chi connectivity index (χ3n) is 4.45. The molecular weight excluding hydrogens is 262 g/mol. The highest BCUT2D eigenvalue weighted by molar-refractivity contribution is 6.33. The lowest BCUT2D eigenvalue weighted by Crippen LogP contribution is -2.13. The normalized spacial score (nSPS) is 19.5. The zero-order valence-electron chi connectivity index (χ0n) is 10.9. The van der Waals surface area contributed by atoms with Gasteiger partial charge in [0.1, 0.15) is 11.3 Å². The number of phenols is 1. The zero-order valence-corrected chi connectivity index (χ0v) is 11.7. The van der Waals surface area contributed by atoms with Crippen molar-refractivity contribution in [2.24, 2.45) is 4.99 Å². The van der Waals surface area contributed by atoms with E-state index in [9.17, 15) is 9.90 Å². The molecule has 0 saturated heterocycles. The molecule has 1 saturated carbocycles. The minimum atomic E-state index is -0.563. The van der Waals surface area contributed by atoms with Gasteiger partial charge in [0.05, 0.1) is 5.02 Å². The molecule has 0 radical (unpaired) electrons. The van der Waals surface area contributed by atoms with E-state index in [0.29, 0.717) is 5.02 Å². The molecular formula is C15H16ClNO2. The van der Waals surface area contributed by atoms with Crippen LogP contribution in [-0.2, 0) is 23.2 Å². The molecule has 19 heavy (non-hydrogen) atoms. The van der Waals surface area contributed by atoms with Gasteiger partial charge in [0.25, 0.3) is 0 Å². The Kier molecular flexibility index (Phi) is 2.92. The van der Waals surface area contributed by atoms with E-state index in [2.05, 4.69) is 4.99 Å². The molecule has 0 amide bonds. The van der Waals surface area contributed by atoms with Gasteiger partial charge in [-0.15, -0.1) is 0 Å². The molecule has 2 aliphatic rings. The Bertz CT molecular complexity index is 599. The van der Waals surface area contributed by atoms with E-state index in [1.54, 1.807) is 6.08 Å². The molecule has 1 fully saturated rings. The number of hydrogen-bond acceptors (Lipinski definition) is 3. The average Bonchev–Trinajstić information content (AvgIpc) is 3.17. The van der Waals surface area contributed by atoms with Crippen LogP contribution in [0.2, 0.25) is 5.02 Å². The predicted octanol–water partition coefficient (Wildman–Crippen LogP) is 3.56. The van der Waals surface area contributed by atoms with Gasteiger partial charge in [-0.3, -0.25) is 0 Å². The van der Waals surface area contributed by atoms with Gasteiger partial charge < -0.3 is 5.11 Å². The van der Waals surface area contributed by atoms with Crippen LogP contribution in [0, 0.1) is 6.92 Å². The molecule has 100 valence electrons. The Morgan fingerprint density at radius 2 is 1.89 bits per heavy atom. The number of rotatable bonds is 2. The Labute approximate surface area is 117 Å². The molecule has 1 aromatic rings. The summed E-state index contributed by atoms with van der Waals surface area (Å²) >= 11 is 6.33. The van der Waals surface area contributed by atoms with Gasteiger partial charge in [-0.05, 0) is 62.1 Å². The van der Waals surface area contributed by atoms with Crippen LogP contribution >= 0.6 is 11.6 Å². The van der Waals surface area contributed by atoms with Crippen LogP contribution < -0.4 is 0 Å². The van der Waals surface area contributed by atoms with E-state index in [4.69, 9.17) is 11.6 Å². The largest absolute Gasteiger partial charge is 0.506 e. The number of hydrogen-bond donors (Lipinski definition) is 1. The smallest absolute Gasteiger partial charge is 0.235 e. The van der Waals surface area contributed by atoms with Crippen molar-refractivity contribution in [2.75, 3.05) is 0 Å². The molecule has 0 spiro atoms. The van der Waals surface area contributed by atoms with Crippen LogP contribution in [0.1, 0.15) is 47.9 Å². The summed E-state index contributed by atoms with van der Waals surface area (Å²) < 4.78 is 0. The molecule has 3 rings (SSSR count). The van der Waals surface area contributed by atoms with E-state index >= 15 is 0 Å². The lowest BCUT2D eigenvalue weighted by molar-refractivity contribution is 0.456. The maximum absolute atomic E-state index is 10.6. The molecule has 0 unspecified atom stereocenters. The quantitative estimate of drug-likeness (QED) is 0.664. The van der Waals surface area contributed by atoms with Gasteiger partial charge in [0, 0.05) is 5.56 Å². The Morgan fingerprint density at radius 3 is 2.47 bits per heavy atom. The fraction of sp³-hybridized carbons (Fsp3) is 0.533. The van der Waals surface area contributed by atoms with Crippen molar-refractivity contribution in [1.29, 1.82) is 0 Å². The van der Waals surface area contributed by atoms with Gasteiger partial charge in [-0.2, -0.15) is 4.99 Å². The van der Waals surface area contributed by atoms with Crippen molar-refractivity contribution >= 4 is 17.7 Å². The molecule has 0 aromatic heterocycles. The first-order valence-electron chi connectivity index (χ1n) is 6.73. The highest BCUT2D eigenvalue weighted by Gasteiger charge is 2.48. The van der Waals surface area contributed by atoms with Crippen molar-refractivity contribution in [2.45, 2.75) is 51.0 Å². The van der Waals surface area contributed by atoms with Crippen LogP contribution in [0.15, 0.2) is 4.99 Å². The number of aliphatic imine (C=N–C) groups is 1. The van der Waals surface area contributed by atoms with Crippen molar-refractivity contribution < 1.29 is 9.90 Å². The second kappa shape index (κ2) is 4.36. The fourth-order valence-electron chi connectivity index (χ4n) is 3.34. The van der Waals surface area contributed by atoms with Crippen LogP contribution in [0.25, 0.3) is 0 Å². The first kappa shape index (κ1) is 12.7. The summed E-state index contributed by atoms with van der Waals surface area (Å²) in [5.41, 5.74) is 3.58. The van der Waals surface area contributed by atoms with Crippen LogP contribution in [0.5, 0.6) is 5.75 Å². The van der Waals surface area contributed by atoms with Gasteiger partial charge >= 0.3 is 0 Å². The molecule has 2 aliphatic carbocycles. The number of isocyanates is 1. The van der Waals surface area contributed by atoms with Crippen molar-refractivity contribution in [3.8, 4) is 5.75 Å². The summed E-state index contributed by atoms with van der Waals surface area (Å²) in [7, 11) is 0.